The van der Waals surface area contributed by atoms with Crippen molar-refractivity contribution in [3.8, 4) is 0 Å². The smallest absolute Gasteiger partial charge is 0.242 e. The third-order valence-corrected chi connectivity index (χ3v) is 4.93. The van der Waals surface area contributed by atoms with Gasteiger partial charge in [0.25, 0.3) is 0 Å². The predicted octanol–water partition coefficient (Wildman–Crippen LogP) is 1.51. The number of hydrogen-bond acceptors (Lipinski definition) is 3. The summed E-state index contributed by atoms with van der Waals surface area (Å²) in [7, 11) is -3.52. The van der Waals surface area contributed by atoms with E-state index in [0.717, 1.165) is 19.6 Å². The highest BCUT2D eigenvalue weighted by atomic mass is 35.5. The van der Waals surface area contributed by atoms with Crippen molar-refractivity contribution in [3.05, 3.63) is 29.3 Å². The topological polar surface area (TPSA) is 49.4 Å². The van der Waals surface area contributed by atoms with Gasteiger partial charge in [-0.1, -0.05) is 17.7 Å². The van der Waals surface area contributed by atoms with E-state index in [2.05, 4.69) is 15.7 Å². The molecule has 1 aromatic rings. The molecule has 18 heavy (non-hydrogen) atoms. The Kier molecular flexibility index (Phi) is 4.61. The van der Waals surface area contributed by atoms with Crippen molar-refractivity contribution in [3.63, 3.8) is 0 Å². The van der Waals surface area contributed by atoms with Crippen LogP contribution in [0.15, 0.2) is 23.1 Å². The molecule has 6 heteroatoms. The number of sulfonamides is 1. The average Bonchev–Trinajstić information content (AvgIpc) is 2.82. The van der Waals surface area contributed by atoms with Crippen LogP contribution in [0, 0.1) is 6.07 Å². The molecule has 0 saturated carbocycles. The van der Waals surface area contributed by atoms with Crippen molar-refractivity contribution < 1.29 is 8.42 Å². The molecule has 0 unspecified atom stereocenters. The van der Waals surface area contributed by atoms with Gasteiger partial charge in [0, 0.05) is 13.1 Å². The Bertz CT molecular complexity index is 499. The molecule has 1 aliphatic rings. The highest BCUT2D eigenvalue weighted by Crippen LogP contribution is 2.19. The van der Waals surface area contributed by atoms with Gasteiger partial charge in [-0.25, -0.2) is 13.1 Å². The molecular weight excluding hydrogens is 272 g/mol. The molecule has 4 nitrogen and oxygen atoms in total. The fraction of sp³-hybridized carbons (Fsp3) is 0.500. The first-order chi connectivity index (χ1) is 8.59. The van der Waals surface area contributed by atoms with Crippen LogP contribution < -0.4 is 4.72 Å². The number of hydrogen-bond donors (Lipinski definition) is 1. The normalized spacial score (nSPS) is 17.2. The minimum absolute atomic E-state index is 0.0908. The molecule has 0 bridgehead atoms. The summed E-state index contributed by atoms with van der Waals surface area (Å²) in [5, 5.41) is 0.224. The van der Waals surface area contributed by atoms with Crippen LogP contribution in [0.1, 0.15) is 12.8 Å². The number of halogens is 1. The molecule has 1 radical (unpaired) electrons. The lowest BCUT2D eigenvalue weighted by Crippen LogP contribution is -2.33. The van der Waals surface area contributed by atoms with Crippen LogP contribution in [0.2, 0.25) is 5.02 Å². The van der Waals surface area contributed by atoms with E-state index in [0.29, 0.717) is 6.54 Å². The predicted molar refractivity (Wildman–Crippen MR) is 71.2 cm³/mol. The van der Waals surface area contributed by atoms with Crippen LogP contribution in [0.5, 0.6) is 0 Å². The lowest BCUT2D eigenvalue weighted by molar-refractivity contribution is 0.344. The average molecular weight is 288 g/mol. The molecule has 1 fully saturated rings. The van der Waals surface area contributed by atoms with E-state index in [1.807, 2.05) is 0 Å². The van der Waals surface area contributed by atoms with E-state index in [1.54, 1.807) is 6.07 Å². The number of benzene rings is 1. The van der Waals surface area contributed by atoms with Gasteiger partial charge in [0.1, 0.15) is 4.90 Å². The second-order valence-electron chi connectivity index (χ2n) is 4.30. The summed E-state index contributed by atoms with van der Waals surface area (Å²) in [6.07, 6.45) is 2.40. The van der Waals surface area contributed by atoms with Gasteiger partial charge in [-0.15, -0.1) is 0 Å². The molecule has 1 heterocycles. The first kappa shape index (κ1) is 13.8. The summed E-state index contributed by atoms with van der Waals surface area (Å²) in [6.45, 7) is 3.27. The maximum absolute atomic E-state index is 12.0. The highest BCUT2D eigenvalue weighted by molar-refractivity contribution is 7.89. The second kappa shape index (κ2) is 6.02. The fourth-order valence-corrected chi connectivity index (χ4v) is 3.51. The standard InChI is InChI=1S/C12H16ClN2O2S/c13-11-5-1-2-6-12(11)18(16,17)14-7-10-15-8-3-4-9-15/h1,5-6,14H,3-4,7-10H2. The van der Waals surface area contributed by atoms with E-state index in [-0.39, 0.29) is 9.92 Å². The Balaban J connectivity index is 1.93. The summed E-state index contributed by atoms with van der Waals surface area (Å²) in [5.41, 5.74) is 0. The summed E-state index contributed by atoms with van der Waals surface area (Å²) in [4.78, 5) is 2.34. The zero-order valence-corrected chi connectivity index (χ0v) is 11.6. The Morgan fingerprint density at radius 3 is 2.78 bits per heavy atom. The number of nitrogens with zero attached hydrogens (tertiary/aromatic N) is 1. The number of likely N-dealkylation sites (tertiary alicyclic amines) is 1. The molecule has 0 spiro atoms. The van der Waals surface area contributed by atoms with Gasteiger partial charge >= 0.3 is 0 Å². The Morgan fingerprint density at radius 1 is 1.39 bits per heavy atom. The van der Waals surface area contributed by atoms with Crippen LogP contribution in [0.25, 0.3) is 0 Å². The highest BCUT2D eigenvalue weighted by Gasteiger charge is 2.18. The minimum atomic E-state index is -3.52. The van der Waals surface area contributed by atoms with Gasteiger partial charge in [0.15, 0.2) is 0 Å². The lowest BCUT2D eigenvalue weighted by Gasteiger charge is -2.15. The van der Waals surface area contributed by atoms with Crippen LogP contribution in [-0.4, -0.2) is 39.5 Å². The molecule has 2 rings (SSSR count). The van der Waals surface area contributed by atoms with E-state index in [4.69, 9.17) is 11.6 Å². The van der Waals surface area contributed by atoms with Crippen molar-refractivity contribution in [1.29, 1.82) is 0 Å². The van der Waals surface area contributed by atoms with Gasteiger partial charge < -0.3 is 4.90 Å². The van der Waals surface area contributed by atoms with Gasteiger partial charge in [-0.2, -0.15) is 0 Å². The Morgan fingerprint density at radius 2 is 2.11 bits per heavy atom. The van der Waals surface area contributed by atoms with E-state index < -0.39 is 10.0 Å². The molecule has 0 amide bonds. The quantitative estimate of drug-likeness (QED) is 0.893. The van der Waals surface area contributed by atoms with Crippen LogP contribution in [0.4, 0.5) is 0 Å². The molecule has 0 atom stereocenters. The van der Waals surface area contributed by atoms with Gasteiger partial charge in [0.2, 0.25) is 10.0 Å². The molecule has 1 aromatic carbocycles. The molecule has 1 saturated heterocycles. The third-order valence-electron chi connectivity index (χ3n) is 2.98. The fourth-order valence-electron chi connectivity index (χ4n) is 2.02. The van der Waals surface area contributed by atoms with E-state index in [9.17, 15) is 8.42 Å². The summed E-state index contributed by atoms with van der Waals surface area (Å²) in [6, 6.07) is 7.23. The van der Waals surface area contributed by atoms with Crippen molar-refractivity contribution in [1.82, 2.24) is 9.62 Å². The summed E-state index contributed by atoms with van der Waals surface area (Å²) >= 11 is 5.87. The van der Waals surface area contributed by atoms with Crippen molar-refractivity contribution in [2.45, 2.75) is 17.7 Å². The van der Waals surface area contributed by atoms with Crippen LogP contribution >= 0.6 is 11.6 Å². The molecule has 0 aliphatic carbocycles. The molecule has 1 aliphatic heterocycles. The third kappa shape index (κ3) is 3.45. The van der Waals surface area contributed by atoms with Gasteiger partial charge in [-0.05, 0) is 44.1 Å². The molecule has 0 aromatic heterocycles. The minimum Gasteiger partial charge on any atom is -0.302 e. The monoisotopic (exact) mass is 287 g/mol. The van der Waals surface area contributed by atoms with E-state index >= 15 is 0 Å². The lowest BCUT2D eigenvalue weighted by atomic mass is 10.4. The molecule has 1 N–H and O–H groups in total. The zero-order valence-electron chi connectivity index (χ0n) is 10.0. The first-order valence-electron chi connectivity index (χ1n) is 5.97. The van der Waals surface area contributed by atoms with Crippen LogP contribution in [0.3, 0.4) is 0 Å². The van der Waals surface area contributed by atoms with Crippen LogP contribution in [-0.2, 0) is 10.0 Å². The first-order valence-corrected chi connectivity index (χ1v) is 7.83. The largest absolute Gasteiger partial charge is 0.302 e. The Hall–Kier alpha value is -0.620. The summed E-state index contributed by atoms with van der Waals surface area (Å²) < 4.78 is 26.6. The zero-order chi connectivity index (χ0) is 13.0. The summed E-state index contributed by atoms with van der Waals surface area (Å²) in [5.74, 6) is 0. The Labute approximate surface area is 113 Å². The number of rotatable bonds is 5. The van der Waals surface area contributed by atoms with Crippen molar-refractivity contribution >= 4 is 21.6 Å². The van der Waals surface area contributed by atoms with Crippen molar-refractivity contribution in [2.24, 2.45) is 0 Å². The van der Waals surface area contributed by atoms with Gasteiger partial charge in [-0.3, -0.25) is 0 Å². The van der Waals surface area contributed by atoms with E-state index in [1.165, 1.54) is 25.0 Å². The number of nitrogens with one attached hydrogen (secondary N) is 1. The second-order valence-corrected chi connectivity index (χ2v) is 6.45. The maximum atomic E-state index is 12.0. The molecular formula is C12H16ClN2O2S. The SMILES string of the molecule is O=S(=O)(NCCN1CCCC1)c1c[c]ccc1Cl. The van der Waals surface area contributed by atoms with Crippen molar-refractivity contribution in [2.75, 3.05) is 26.2 Å². The maximum Gasteiger partial charge on any atom is 0.242 e. The molecule has 99 valence electrons. The van der Waals surface area contributed by atoms with Gasteiger partial charge in [0.05, 0.1) is 5.02 Å².